The van der Waals surface area contributed by atoms with Crippen molar-refractivity contribution in [3.05, 3.63) is 66.2 Å². The predicted octanol–water partition coefficient (Wildman–Crippen LogP) is 2.97. The van der Waals surface area contributed by atoms with Gasteiger partial charge in [-0.15, -0.1) is 0 Å². The minimum Gasteiger partial charge on any atom is -0.487 e. The Morgan fingerprint density at radius 3 is 2.48 bits per heavy atom. The number of hydrogen-bond acceptors (Lipinski definition) is 3. The fourth-order valence-corrected chi connectivity index (χ4v) is 2.59. The Morgan fingerprint density at radius 2 is 1.71 bits per heavy atom. The largest absolute Gasteiger partial charge is 0.487 e. The lowest BCUT2D eigenvalue weighted by Gasteiger charge is -2.24. The molecule has 1 heterocycles. The molecule has 3 rings (SSSR count). The van der Waals surface area contributed by atoms with Crippen LogP contribution in [0.15, 0.2) is 60.7 Å². The second-order valence-corrected chi connectivity index (χ2v) is 5.35. The summed E-state index contributed by atoms with van der Waals surface area (Å²) in [4.78, 5) is 2.40. The predicted molar refractivity (Wildman–Crippen MR) is 83.4 cm³/mol. The van der Waals surface area contributed by atoms with Gasteiger partial charge in [0.25, 0.3) is 0 Å². The van der Waals surface area contributed by atoms with Crippen molar-refractivity contribution in [2.75, 3.05) is 26.3 Å². The zero-order valence-corrected chi connectivity index (χ0v) is 12.2. The van der Waals surface area contributed by atoms with Gasteiger partial charge in [0, 0.05) is 19.6 Å². The van der Waals surface area contributed by atoms with Gasteiger partial charge in [0.2, 0.25) is 0 Å². The van der Waals surface area contributed by atoms with Gasteiger partial charge >= 0.3 is 0 Å². The molecule has 1 fully saturated rings. The lowest BCUT2D eigenvalue weighted by Crippen LogP contribution is -2.35. The first-order valence-electron chi connectivity index (χ1n) is 7.46. The van der Waals surface area contributed by atoms with Crippen molar-refractivity contribution in [1.29, 1.82) is 0 Å². The zero-order chi connectivity index (χ0) is 14.3. The van der Waals surface area contributed by atoms with E-state index in [9.17, 15) is 0 Å². The molecule has 0 radical (unpaired) electrons. The van der Waals surface area contributed by atoms with Crippen molar-refractivity contribution in [2.24, 2.45) is 0 Å². The van der Waals surface area contributed by atoms with Gasteiger partial charge < -0.3 is 9.47 Å². The van der Waals surface area contributed by atoms with Crippen LogP contribution < -0.4 is 4.74 Å². The molecule has 0 aliphatic carbocycles. The van der Waals surface area contributed by atoms with Crippen molar-refractivity contribution >= 4 is 0 Å². The molecule has 0 spiro atoms. The smallest absolute Gasteiger partial charge is 0.135 e. The average Bonchev–Trinajstić information content (AvgIpc) is 2.74. The number of ether oxygens (including phenoxy) is 2. The van der Waals surface area contributed by atoms with Gasteiger partial charge in [0.15, 0.2) is 0 Å². The van der Waals surface area contributed by atoms with E-state index in [1.54, 1.807) is 0 Å². The van der Waals surface area contributed by atoms with Crippen molar-refractivity contribution in [1.82, 2.24) is 4.90 Å². The summed E-state index contributed by atoms with van der Waals surface area (Å²) in [6.45, 7) is 4.20. The van der Waals surface area contributed by atoms with E-state index in [0.29, 0.717) is 6.61 Å². The van der Waals surface area contributed by atoms with Crippen LogP contribution in [0.4, 0.5) is 0 Å². The van der Waals surface area contributed by atoms with E-state index >= 15 is 0 Å². The van der Waals surface area contributed by atoms with Crippen LogP contribution in [0.5, 0.6) is 5.75 Å². The maximum absolute atomic E-state index is 6.04. The van der Waals surface area contributed by atoms with Crippen LogP contribution in [-0.4, -0.2) is 37.3 Å². The zero-order valence-electron chi connectivity index (χ0n) is 12.2. The monoisotopic (exact) mass is 283 g/mol. The number of nitrogens with zero attached hydrogens (tertiary/aromatic N) is 1. The molecule has 1 saturated heterocycles. The van der Waals surface area contributed by atoms with Crippen LogP contribution in [0.1, 0.15) is 5.56 Å². The van der Waals surface area contributed by atoms with E-state index in [1.807, 2.05) is 30.3 Å². The third-order valence-electron chi connectivity index (χ3n) is 3.61. The molecule has 2 aromatic rings. The Labute approximate surface area is 126 Å². The third-order valence-corrected chi connectivity index (χ3v) is 3.61. The number of benzene rings is 2. The molecule has 3 heteroatoms. The second-order valence-electron chi connectivity index (χ2n) is 5.35. The van der Waals surface area contributed by atoms with E-state index in [-0.39, 0.29) is 6.10 Å². The molecule has 3 nitrogen and oxygen atoms in total. The molecule has 0 aromatic heterocycles. The molecule has 1 atom stereocenters. The molecule has 0 N–H and O–H groups in total. The first-order valence-corrected chi connectivity index (χ1v) is 7.46. The molecule has 0 amide bonds. The van der Waals surface area contributed by atoms with Crippen molar-refractivity contribution in [2.45, 2.75) is 12.6 Å². The van der Waals surface area contributed by atoms with Crippen LogP contribution in [0.25, 0.3) is 0 Å². The van der Waals surface area contributed by atoms with Crippen molar-refractivity contribution < 1.29 is 9.47 Å². The SMILES string of the molecule is c1ccc(CN2CCOCC(Oc3ccccc3)C2)cc1. The molecular weight excluding hydrogens is 262 g/mol. The first kappa shape index (κ1) is 14.1. The quantitative estimate of drug-likeness (QED) is 0.861. The second kappa shape index (κ2) is 7.25. The number of hydrogen-bond donors (Lipinski definition) is 0. The van der Waals surface area contributed by atoms with Gasteiger partial charge in [-0.1, -0.05) is 48.5 Å². The number of rotatable bonds is 4. The highest BCUT2D eigenvalue weighted by molar-refractivity contribution is 5.21. The minimum absolute atomic E-state index is 0.0820. The molecule has 110 valence electrons. The standard InChI is InChI=1S/C18H21NO2/c1-3-7-16(8-4-1)13-19-11-12-20-15-18(14-19)21-17-9-5-2-6-10-17/h1-10,18H,11-15H2. The van der Waals surface area contributed by atoms with Gasteiger partial charge in [-0.05, 0) is 17.7 Å². The Bertz CT molecular complexity index is 480. The van der Waals surface area contributed by atoms with E-state index in [1.165, 1.54) is 5.56 Å². The van der Waals surface area contributed by atoms with E-state index in [2.05, 4.69) is 35.2 Å². The third kappa shape index (κ3) is 4.31. The fraction of sp³-hybridized carbons (Fsp3) is 0.333. The van der Waals surface area contributed by atoms with Crippen LogP contribution in [0.2, 0.25) is 0 Å². The Hall–Kier alpha value is -1.84. The van der Waals surface area contributed by atoms with E-state index < -0.39 is 0 Å². The normalized spacial score (nSPS) is 19.9. The average molecular weight is 283 g/mol. The Balaban J connectivity index is 1.61. The Kier molecular flexibility index (Phi) is 4.87. The van der Waals surface area contributed by atoms with E-state index in [4.69, 9.17) is 9.47 Å². The van der Waals surface area contributed by atoms with Gasteiger partial charge in [-0.3, -0.25) is 4.90 Å². The maximum atomic E-state index is 6.04. The van der Waals surface area contributed by atoms with Crippen LogP contribution in [0, 0.1) is 0 Å². The molecular formula is C18H21NO2. The molecule has 1 aliphatic rings. The summed E-state index contributed by atoms with van der Waals surface area (Å²) in [6.07, 6.45) is 0.0820. The summed E-state index contributed by atoms with van der Waals surface area (Å²) < 4.78 is 11.7. The summed E-state index contributed by atoms with van der Waals surface area (Å²) in [5.74, 6) is 0.910. The van der Waals surface area contributed by atoms with E-state index in [0.717, 1.165) is 32.0 Å². The molecule has 21 heavy (non-hydrogen) atoms. The highest BCUT2D eigenvalue weighted by Gasteiger charge is 2.20. The summed E-state index contributed by atoms with van der Waals surface area (Å²) in [7, 11) is 0. The van der Waals surface area contributed by atoms with Gasteiger partial charge in [0.1, 0.15) is 11.9 Å². The number of para-hydroxylation sites is 1. The van der Waals surface area contributed by atoms with Crippen molar-refractivity contribution in [3.8, 4) is 5.75 Å². The molecule has 0 bridgehead atoms. The minimum atomic E-state index is 0.0820. The molecule has 0 saturated carbocycles. The van der Waals surface area contributed by atoms with Crippen LogP contribution in [0.3, 0.4) is 0 Å². The fourth-order valence-electron chi connectivity index (χ4n) is 2.59. The van der Waals surface area contributed by atoms with Crippen LogP contribution in [-0.2, 0) is 11.3 Å². The van der Waals surface area contributed by atoms with Crippen molar-refractivity contribution in [3.63, 3.8) is 0 Å². The highest BCUT2D eigenvalue weighted by atomic mass is 16.5. The summed E-state index contributed by atoms with van der Waals surface area (Å²) >= 11 is 0. The van der Waals surface area contributed by atoms with Gasteiger partial charge in [-0.25, -0.2) is 0 Å². The Morgan fingerprint density at radius 1 is 1.00 bits per heavy atom. The lowest BCUT2D eigenvalue weighted by atomic mass is 10.2. The summed E-state index contributed by atoms with van der Waals surface area (Å²) in [5.41, 5.74) is 1.33. The molecule has 1 aliphatic heterocycles. The van der Waals surface area contributed by atoms with Crippen LogP contribution >= 0.6 is 0 Å². The van der Waals surface area contributed by atoms with Gasteiger partial charge in [-0.2, -0.15) is 0 Å². The lowest BCUT2D eigenvalue weighted by molar-refractivity contribution is 0.0710. The summed E-state index contributed by atoms with van der Waals surface area (Å²) in [5, 5.41) is 0. The molecule has 2 aromatic carbocycles. The van der Waals surface area contributed by atoms with Gasteiger partial charge in [0.05, 0.1) is 13.2 Å². The first-order chi connectivity index (χ1) is 10.4. The highest BCUT2D eigenvalue weighted by Crippen LogP contribution is 2.14. The maximum Gasteiger partial charge on any atom is 0.135 e. The molecule has 1 unspecified atom stereocenters. The topological polar surface area (TPSA) is 21.7 Å². The summed E-state index contributed by atoms with van der Waals surface area (Å²) in [6, 6.07) is 20.5.